The van der Waals surface area contributed by atoms with Gasteiger partial charge in [-0.2, -0.15) is 0 Å². The molecule has 0 amide bonds. The highest BCUT2D eigenvalue weighted by atomic mass is 79.9. The molecule has 0 aromatic heterocycles. The molecule has 1 atom stereocenters. The fourth-order valence-electron chi connectivity index (χ4n) is 3.57. The molecule has 3 rings (SSSR count). The van der Waals surface area contributed by atoms with Crippen molar-refractivity contribution in [3.8, 4) is 5.75 Å². The Hall–Kier alpha value is -0.250. The van der Waals surface area contributed by atoms with Gasteiger partial charge in [-0.1, -0.05) is 46.8 Å². The molecule has 4 heteroatoms. The molecule has 1 saturated heterocycles. The predicted molar refractivity (Wildman–Crippen MR) is 89.5 cm³/mol. The maximum atomic E-state index is 6.29. The van der Waals surface area contributed by atoms with Crippen molar-refractivity contribution in [2.24, 2.45) is 0 Å². The van der Waals surface area contributed by atoms with Crippen LogP contribution in [0.25, 0.3) is 0 Å². The Balaban J connectivity index is 1.70. The van der Waals surface area contributed by atoms with Crippen molar-refractivity contribution in [1.29, 1.82) is 0 Å². The molecule has 1 saturated carbocycles. The largest absolute Gasteiger partial charge is 0.490 e. The summed E-state index contributed by atoms with van der Waals surface area (Å²) >= 11 is 9.57. The van der Waals surface area contributed by atoms with Crippen LogP contribution in [0.5, 0.6) is 5.75 Å². The molecule has 0 radical (unpaired) electrons. The molecule has 2 fully saturated rings. The molecule has 1 aliphatic carbocycles. The van der Waals surface area contributed by atoms with Gasteiger partial charge in [0.05, 0.1) is 12.2 Å². The molecule has 1 heterocycles. The van der Waals surface area contributed by atoms with Gasteiger partial charge in [-0.05, 0) is 31.0 Å². The molecule has 1 aromatic carbocycles. The Labute approximate surface area is 140 Å². The molecule has 1 unspecified atom stereocenters. The summed E-state index contributed by atoms with van der Waals surface area (Å²) in [4.78, 5) is 0. The predicted octanol–water partition coefficient (Wildman–Crippen LogP) is 5.50. The van der Waals surface area contributed by atoms with E-state index in [-0.39, 0.29) is 11.7 Å². The molecule has 1 aromatic rings. The van der Waals surface area contributed by atoms with E-state index in [0.29, 0.717) is 0 Å². The van der Waals surface area contributed by atoms with Gasteiger partial charge in [0.25, 0.3) is 0 Å². The van der Waals surface area contributed by atoms with Crippen molar-refractivity contribution >= 4 is 27.5 Å². The first kappa shape index (κ1) is 15.6. The van der Waals surface area contributed by atoms with Gasteiger partial charge in [0.15, 0.2) is 0 Å². The highest BCUT2D eigenvalue weighted by Crippen LogP contribution is 2.40. The molecule has 0 N–H and O–H groups in total. The summed E-state index contributed by atoms with van der Waals surface area (Å²) in [5, 5.41) is 1.52. The lowest BCUT2D eigenvalue weighted by Gasteiger charge is -2.43. The van der Waals surface area contributed by atoms with Gasteiger partial charge in [-0.3, -0.25) is 0 Å². The third-order valence-electron chi connectivity index (χ3n) is 4.67. The van der Waals surface area contributed by atoms with Gasteiger partial charge in [0.2, 0.25) is 0 Å². The van der Waals surface area contributed by atoms with Gasteiger partial charge >= 0.3 is 0 Å². The van der Waals surface area contributed by atoms with Gasteiger partial charge in [0.1, 0.15) is 11.9 Å². The number of hydrogen-bond acceptors (Lipinski definition) is 2. The summed E-state index contributed by atoms with van der Waals surface area (Å²) in [5.74, 6) is 0.953. The number of halogens is 2. The van der Waals surface area contributed by atoms with Gasteiger partial charge < -0.3 is 9.47 Å². The summed E-state index contributed by atoms with van der Waals surface area (Å²) in [6.07, 6.45) is 8.58. The molecule has 21 heavy (non-hydrogen) atoms. The number of rotatable bonds is 3. The topological polar surface area (TPSA) is 18.5 Å². The van der Waals surface area contributed by atoms with E-state index in [9.17, 15) is 0 Å². The molecule has 0 bridgehead atoms. The van der Waals surface area contributed by atoms with Crippen LogP contribution >= 0.6 is 27.5 Å². The number of hydrogen-bond donors (Lipinski definition) is 0. The minimum absolute atomic E-state index is 0.0855. The normalized spacial score (nSPS) is 25.0. The van der Waals surface area contributed by atoms with Gasteiger partial charge in [-0.15, -0.1) is 0 Å². The highest BCUT2D eigenvalue weighted by Gasteiger charge is 2.39. The summed E-state index contributed by atoms with van der Waals surface area (Å²) in [6, 6.07) is 5.86. The minimum atomic E-state index is 0.0855. The molecule has 1 aliphatic heterocycles. The number of benzene rings is 1. The quantitative estimate of drug-likeness (QED) is 0.652. The first-order valence-corrected chi connectivity index (χ1v) is 9.36. The minimum Gasteiger partial charge on any atom is -0.490 e. The van der Waals surface area contributed by atoms with Crippen LogP contribution in [0.4, 0.5) is 0 Å². The summed E-state index contributed by atoms with van der Waals surface area (Å²) in [7, 11) is 0. The molecule has 2 nitrogen and oxygen atoms in total. The third-order valence-corrected chi connectivity index (χ3v) is 5.51. The molecule has 2 aliphatic rings. The summed E-state index contributed by atoms with van der Waals surface area (Å²) in [6.45, 7) is 0.821. The van der Waals surface area contributed by atoms with Crippen LogP contribution in [-0.4, -0.2) is 18.3 Å². The number of alkyl halides is 1. The van der Waals surface area contributed by atoms with E-state index in [2.05, 4.69) is 15.9 Å². The Bertz CT molecular complexity index is 480. The van der Waals surface area contributed by atoms with Crippen LogP contribution in [0.3, 0.4) is 0 Å². The van der Waals surface area contributed by atoms with Crippen molar-refractivity contribution in [3.63, 3.8) is 0 Å². The smallest absolute Gasteiger partial charge is 0.123 e. The first-order valence-electron chi connectivity index (χ1n) is 7.86. The second-order valence-electron chi connectivity index (χ2n) is 6.21. The highest BCUT2D eigenvalue weighted by molar-refractivity contribution is 9.08. The standard InChI is InChI=1S/C17H22BrClO2/c18-12-13-10-14(19)4-5-16(13)21-15-6-9-20-17(11-15)7-2-1-3-8-17/h4-5,10,15H,1-3,6-9,11-12H2. The van der Waals surface area contributed by atoms with Crippen molar-refractivity contribution in [1.82, 2.24) is 0 Å². The van der Waals surface area contributed by atoms with E-state index in [1.165, 1.54) is 32.1 Å². The van der Waals surface area contributed by atoms with Crippen molar-refractivity contribution in [2.45, 2.75) is 62.0 Å². The fraction of sp³-hybridized carbons (Fsp3) is 0.647. The third kappa shape index (κ3) is 3.75. The Morgan fingerprint density at radius 1 is 1.29 bits per heavy atom. The number of ether oxygens (including phenoxy) is 2. The zero-order chi connectivity index (χ0) is 14.7. The molecular formula is C17H22BrClO2. The van der Waals surface area contributed by atoms with Crippen LogP contribution in [0, 0.1) is 0 Å². The molecule has 1 spiro atoms. The lowest BCUT2D eigenvalue weighted by molar-refractivity contribution is -0.129. The zero-order valence-electron chi connectivity index (χ0n) is 12.2. The maximum Gasteiger partial charge on any atom is 0.123 e. The Morgan fingerprint density at radius 3 is 2.86 bits per heavy atom. The average molecular weight is 374 g/mol. The Morgan fingerprint density at radius 2 is 2.10 bits per heavy atom. The Kier molecular flexibility index (Phi) is 5.13. The van der Waals surface area contributed by atoms with E-state index in [4.69, 9.17) is 21.1 Å². The lowest BCUT2D eigenvalue weighted by atomic mass is 9.79. The van der Waals surface area contributed by atoms with Crippen LogP contribution in [0.15, 0.2) is 18.2 Å². The van der Waals surface area contributed by atoms with Crippen molar-refractivity contribution in [3.05, 3.63) is 28.8 Å². The SMILES string of the molecule is Clc1ccc(OC2CCOC3(CCCCC3)C2)c(CBr)c1. The van der Waals surface area contributed by atoms with E-state index < -0.39 is 0 Å². The van der Waals surface area contributed by atoms with Crippen molar-refractivity contribution in [2.75, 3.05) is 6.61 Å². The van der Waals surface area contributed by atoms with Crippen LogP contribution in [-0.2, 0) is 10.1 Å². The van der Waals surface area contributed by atoms with Gasteiger partial charge in [-0.25, -0.2) is 0 Å². The van der Waals surface area contributed by atoms with Crippen LogP contribution in [0.2, 0.25) is 5.02 Å². The second kappa shape index (κ2) is 6.89. The monoisotopic (exact) mass is 372 g/mol. The molecule has 116 valence electrons. The second-order valence-corrected chi connectivity index (χ2v) is 7.21. The summed E-state index contributed by atoms with van der Waals surface area (Å²) in [5.41, 5.74) is 1.20. The first-order chi connectivity index (χ1) is 10.2. The average Bonchev–Trinajstić information content (AvgIpc) is 2.50. The zero-order valence-corrected chi connectivity index (χ0v) is 14.6. The van der Waals surface area contributed by atoms with Crippen LogP contribution < -0.4 is 4.74 Å². The van der Waals surface area contributed by atoms with E-state index in [0.717, 1.165) is 41.1 Å². The fourth-order valence-corrected chi connectivity index (χ4v) is 4.21. The van der Waals surface area contributed by atoms with Gasteiger partial charge in [0, 0.05) is 28.8 Å². The molecular weight excluding hydrogens is 352 g/mol. The van der Waals surface area contributed by atoms with Crippen molar-refractivity contribution < 1.29 is 9.47 Å². The van der Waals surface area contributed by atoms with E-state index >= 15 is 0 Å². The summed E-state index contributed by atoms with van der Waals surface area (Å²) < 4.78 is 12.4. The van der Waals surface area contributed by atoms with Crippen LogP contribution in [0.1, 0.15) is 50.5 Å². The lowest BCUT2D eigenvalue weighted by Crippen LogP contribution is -2.45. The van der Waals surface area contributed by atoms with E-state index in [1.807, 2.05) is 18.2 Å². The maximum absolute atomic E-state index is 6.29. The van der Waals surface area contributed by atoms with E-state index in [1.54, 1.807) is 0 Å².